The predicted octanol–water partition coefficient (Wildman–Crippen LogP) is 3.41. The minimum Gasteiger partial charge on any atom is -0.382 e. The van der Waals surface area contributed by atoms with E-state index < -0.39 is 0 Å². The summed E-state index contributed by atoms with van der Waals surface area (Å²) in [6, 6.07) is 2.99. The Morgan fingerprint density at radius 3 is 2.86 bits per heavy atom. The SMILES string of the molecule is CCCNc1c(F)ccc(Br)c1C=N. The summed E-state index contributed by atoms with van der Waals surface area (Å²) in [7, 11) is 0. The molecule has 2 nitrogen and oxygen atoms in total. The Labute approximate surface area is 91.2 Å². The van der Waals surface area contributed by atoms with Gasteiger partial charge in [-0.15, -0.1) is 0 Å². The molecule has 0 radical (unpaired) electrons. The first-order chi connectivity index (χ1) is 6.70. The summed E-state index contributed by atoms with van der Waals surface area (Å²) >= 11 is 3.28. The number of nitrogens with one attached hydrogen (secondary N) is 2. The Hall–Kier alpha value is -0.900. The van der Waals surface area contributed by atoms with Crippen molar-refractivity contribution in [2.75, 3.05) is 11.9 Å². The average molecular weight is 259 g/mol. The second-order valence-electron chi connectivity index (χ2n) is 2.89. The fourth-order valence-electron chi connectivity index (χ4n) is 1.14. The Balaban J connectivity index is 3.09. The molecule has 0 aliphatic carbocycles. The molecule has 0 bridgehead atoms. The van der Waals surface area contributed by atoms with Crippen molar-refractivity contribution in [2.45, 2.75) is 13.3 Å². The molecule has 0 saturated heterocycles. The lowest BCUT2D eigenvalue weighted by atomic mass is 10.2. The third kappa shape index (κ3) is 2.32. The van der Waals surface area contributed by atoms with Crippen LogP contribution in [0.4, 0.5) is 10.1 Å². The van der Waals surface area contributed by atoms with Gasteiger partial charge in [0.15, 0.2) is 0 Å². The van der Waals surface area contributed by atoms with E-state index in [1.54, 1.807) is 6.07 Å². The van der Waals surface area contributed by atoms with Crippen LogP contribution in [0.3, 0.4) is 0 Å². The van der Waals surface area contributed by atoms with Crippen LogP contribution in [0, 0.1) is 11.2 Å². The monoisotopic (exact) mass is 258 g/mol. The van der Waals surface area contributed by atoms with Gasteiger partial charge in [-0.2, -0.15) is 0 Å². The standard InChI is InChI=1S/C10H12BrFN2/c1-2-5-14-10-7(6-13)8(11)3-4-9(10)12/h3-4,6,13-14H,2,5H2,1H3. The summed E-state index contributed by atoms with van der Waals surface area (Å²) in [5.74, 6) is -0.319. The zero-order valence-electron chi connectivity index (χ0n) is 7.90. The fourth-order valence-corrected chi connectivity index (χ4v) is 1.58. The van der Waals surface area contributed by atoms with Gasteiger partial charge in [-0.1, -0.05) is 22.9 Å². The lowest BCUT2D eigenvalue weighted by molar-refractivity contribution is 0.629. The van der Waals surface area contributed by atoms with E-state index in [9.17, 15) is 4.39 Å². The molecule has 0 aromatic heterocycles. The van der Waals surface area contributed by atoms with E-state index >= 15 is 0 Å². The van der Waals surface area contributed by atoms with Crippen molar-refractivity contribution in [3.8, 4) is 0 Å². The van der Waals surface area contributed by atoms with Gasteiger partial charge in [0.2, 0.25) is 0 Å². The summed E-state index contributed by atoms with van der Waals surface area (Å²) in [5, 5.41) is 10.2. The van der Waals surface area contributed by atoms with Crippen molar-refractivity contribution in [2.24, 2.45) is 0 Å². The number of rotatable bonds is 4. The molecule has 0 aliphatic heterocycles. The van der Waals surface area contributed by atoms with Crippen molar-refractivity contribution >= 4 is 27.8 Å². The minimum atomic E-state index is -0.319. The molecular weight excluding hydrogens is 247 g/mol. The van der Waals surface area contributed by atoms with Gasteiger partial charge < -0.3 is 10.7 Å². The zero-order valence-corrected chi connectivity index (χ0v) is 9.49. The lowest BCUT2D eigenvalue weighted by Gasteiger charge is -2.10. The summed E-state index contributed by atoms with van der Waals surface area (Å²) in [6.07, 6.45) is 2.06. The van der Waals surface area contributed by atoms with Crippen LogP contribution in [0.2, 0.25) is 0 Å². The van der Waals surface area contributed by atoms with Gasteiger partial charge in [-0.25, -0.2) is 4.39 Å². The highest BCUT2D eigenvalue weighted by molar-refractivity contribution is 9.10. The molecule has 1 aromatic carbocycles. The van der Waals surface area contributed by atoms with Crippen LogP contribution < -0.4 is 5.32 Å². The molecule has 0 saturated carbocycles. The number of anilines is 1. The molecule has 2 N–H and O–H groups in total. The van der Waals surface area contributed by atoms with E-state index in [2.05, 4.69) is 21.2 Å². The molecule has 14 heavy (non-hydrogen) atoms. The molecule has 0 aliphatic rings. The maximum atomic E-state index is 13.4. The smallest absolute Gasteiger partial charge is 0.147 e. The van der Waals surface area contributed by atoms with Gasteiger partial charge in [0.05, 0.1) is 5.69 Å². The van der Waals surface area contributed by atoms with E-state index in [0.29, 0.717) is 17.8 Å². The van der Waals surface area contributed by atoms with E-state index in [4.69, 9.17) is 5.41 Å². The van der Waals surface area contributed by atoms with Gasteiger partial charge in [-0.3, -0.25) is 0 Å². The normalized spacial score (nSPS) is 9.93. The van der Waals surface area contributed by atoms with Gasteiger partial charge in [0.1, 0.15) is 5.82 Å². The Bertz CT molecular complexity index is 339. The fraction of sp³-hybridized carbons (Fsp3) is 0.300. The van der Waals surface area contributed by atoms with Crippen LogP contribution >= 0.6 is 15.9 Å². The third-order valence-electron chi connectivity index (χ3n) is 1.84. The van der Waals surface area contributed by atoms with Crippen molar-refractivity contribution in [1.29, 1.82) is 5.41 Å². The van der Waals surface area contributed by atoms with Crippen LogP contribution in [-0.4, -0.2) is 12.8 Å². The molecule has 0 unspecified atom stereocenters. The van der Waals surface area contributed by atoms with E-state index in [1.165, 1.54) is 6.07 Å². The molecule has 0 amide bonds. The Morgan fingerprint density at radius 2 is 2.29 bits per heavy atom. The first-order valence-corrected chi connectivity index (χ1v) is 5.22. The molecule has 0 heterocycles. The topological polar surface area (TPSA) is 35.9 Å². The van der Waals surface area contributed by atoms with E-state index in [1.807, 2.05) is 6.92 Å². The minimum absolute atomic E-state index is 0.319. The second kappa shape index (κ2) is 5.10. The van der Waals surface area contributed by atoms with Gasteiger partial charge in [0.25, 0.3) is 0 Å². The molecular formula is C10H12BrFN2. The van der Waals surface area contributed by atoms with Crippen molar-refractivity contribution in [3.05, 3.63) is 28.0 Å². The Kier molecular flexibility index (Phi) is 4.07. The Morgan fingerprint density at radius 1 is 1.57 bits per heavy atom. The third-order valence-corrected chi connectivity index (χ3v) is 2.53. The highest BCUT2D eigenvalue weighted by Crippen LogP contribution is 2.26. The average Bonchev–Trinajstić information content (AvgIpc) is 2.19. The number of hydrogen-bond donors (Lipinski definition) is 2. The molecule has 76 valence electrons. The first kappa shape index (κ1) is 11.2. The van der Waals surface area contributed by atoms with Crippen LogP contribution in [0.1, 0.15) is 18.9 Å². The number of halogens is 2. The lowest BCUT2D eigenvalue weighted by Crippen LogP contribution is -2.05. The summed E-state index contributed by atoms with van der Waals surface area (Å²) < 4.78 is 14.1. The largest absolute Gasteiger partial charge is 0.382 e. The van der Waals surface area contributed by atoms with Gasteiger partial charge in [0, 0.05) is 22.8 Å². The summed E-state index contributed by atoms with van der Waals surface area (Å²) in [5.41, 5.74) is 0.953. The van der Waals surface area contributed by atoms with Gasteiger partial charge in [-0.05, 0) is 18.6 Å². The molecule has 0 fully saturated rings. The first-order valence-electron chi connectivity index (χ1n) is 4.43. The van der Waals surface area contributed by atoms with Gasteiger partial charge >= 0.3 is 0 Å². The predicted molar refractivity (Wildman–Crippen MR) is 60.8 cm³/mol. The molecule has 4 heteroatoms. The van der Waals surface area contributed by atoms with E-state index in [-0.39, 0.29) is 5.82 Å². The second-order valence-corrected chi connectivity index (χ2v) is 3.74. The highest BCUT2D eigenvalue weighted by Gasteiger charge is 2.09. The molecule has 0 atom stereocenters. The summed E-state index contributed by atoms with van der Waals surface area (Å²) in [4.78, 5) is 0. The van der Waals surface area contributed by atoms with Crippen LogP contribution in [0.5, 0.6) is 0 Å². The maximum absolute atomic E-state index is 13.4. The van der Waals surface area contributed by atoms with Crippen LogP contribution in [-0.2, 0) is 0 Å². The highest BCUT2D eigenvalue weighted by atomic mass is 79.9. The zero-order chi connectivity index (χ0) is 10.6. The van der Waals surface area contributed by atoms with Crippen LogP contribution in [0.25, 0.3) is 0 Å². The molecule has 1 aromatic rings. The molecule has 0 spiro atoms. The van der Waals surface area contributed by atoms with Crippen molar-refractivity contribution < 1.29 is 4.39 Å². The molecule has 1 rings (SSSR count). The maximum Gasteiger partial charge on any atom is 0.147 e. The van der Waals surface area contributed by atoms with Crippen LogP contribution in [0.15, 0.2) is 16.6 Å². The number of hydrogen-bond acceptors (Lipinski definition) is 2. The van der Waals surface area contributed by atoms with Crippen molar-refractivity contribution in [1.82, 2.24) is 0 Å². The van der Waals surface area contributed by atoms with E-state index in [0.717, 1.165) is 17.1 Å². The quantitative estimate of drug-likeness (QED) is 0.798. The van der Waals surface area contributed by atoms with Crippen molar-refractivity contribution in [3.63, 3.8) is 0 Å². The summed E-state index contributed by atoms with van der Waals surface area (Å²) in [6.45, 7) is 2.71. The number of benzene rings is 1.